The van der Waals surface area contributed by atoms with Crippen molar-refractivity contribution in [3.63, 3.8) is 0 Å². The Bertz CT molecular complexity index is 1460. The Morgan fingerprint density at radius 1 is 0.971 bits per heavy atom. The molecule has 170 valence electrons. The van der Waals surface area contributed by atoms with E-state index in [9.17, 15) is 0 Å². The number of hydrogen-bond acceptors (Lipinski definition) is 6. The molecule has 5 aromatic rings. The lowest BCUT2D eigenvalue weighted by molar-refractivity contribution is 0.306. The number of aromatic nitrogens is 4. The van der Waals surface area contributed by atoms with Gasteiger partial charge in [0, 0.05) is 17.5 Å². The number of aryl methyl sites for hydroxylation is 2. The zero-order valence-corrected chi connectivity index (χ0v) is 19.3. The van der Waals surface area contributed by atoms with Crippen molar-refractivity contribution >= 4 is 34.2 Å². The normalized spacial score (nSPS) is 11.5. The number of nitrogens with one attached hydrogen (secondary N) is 1. The maximum atomic E-state index is 6.03. The zero-order valence-electron chi connectivity index (χ0n) is 19.3. The number of para-hydroxylation sites is 2. The molecule has 5 rings (SSSR count). The van der Waals surface area contributed by atoms with Crippen LogP contribution in [0.2, 0.25) is 0 Å². The van der Waals surface area contributed by atoms with Crippen LogP contribution >= 0.6 is 0 Å². The summed E-state index contributed by atoms with van der Waals surface area (Å²) in [5, 5.41) is 14.1. The van der Waals surface area contributed by atoms with Gasteiger partial charge in [0.2, 0.25) is 0 Å². The molecular weight excluding hydrogens is 424 g/mol. The molecule has 2 aromatic heterocycles. The molecule has 0 aliphatic heterocycles. The van der Waals surface area contributed by atoms with Crippen molar-refractivity contribution in [1.82, 2.24) is 19.7 Å². The monoisotopic (exact) mass is 450 g/mol. The Hall–Kier alpha value is -4.26. The fraction of sp³-hybridized carbons (Fsp3) is 0.185. The first kappa shape index (κ1) is 21.6. The van der Waals surface area contributed by atoms with E-state index in [2.05, 4.69) is 75.5 Å². The average Bonchev–Trinajstić information content (AvgIpc) is 3.18. The topological polar surface area (TPSA) is 77.2 Å². The maximum absolute atomic E-state index is 6.03. The summed E-state index contributed by atoms with van der Waals surface area (Å²) in [6, 6.07) is 24.3. The van der Waals surface area contributed by atoms with E-state index in [4.69, 9.17) is 9.72 Å². The number of anilines is 1. The molecule has 0 radical (unpaired) electrons. The smallest absolute Gasteiger partial charge is 0.265 e. The van der Waals surface area contributed by atoms with Gasteiger partial charge in [0.15, 0.2) is 5.65 Å². The minimum atomic E-state index is 0.349. The first-order chi connectivity index (χ1) is 16.7. The molecule has 0 atom stereocenters. The molecule has 2 heterocycles. The van der Waals surface area contributed by atoms with Gasteiger partial charge in [-0.05, 0) is 37.1 Å². The van der Waals surface area contributed by atoms with Crippen molar-refractivity contribution in [2.24, 2.45) is 5.10 Å². The van der Waals surface area contributed by atoms with Crippen LogP contribution in [0.3, 0.4) is 0 Å². The Kier molecular flexibility index (Phi) is 6.16. The Labute approximate surface area is 198 Å². The summed E-state index contributed by atoms with van der Waals surface area (Å²) >= 11 is 0. The summed E-state index contributed by atoms with van der Waals surface area (Å²) < 4.78 is 8.22. The first-order valence-corrected chi connectivity index (χ1v) is 11.4. The van der Waals surface area contributed by atoms with Crippen molar-refractivity contribution < 1.29 is 4.74 Å². The molecule has 0 aliphatic carbocycles. The molecule has 0 unspecified atom stereocenters. The molecule has 7 nitrogen and oxygen atoms in total. The van der Waals surface area contributed by atoms with Crippen LogP contribution in [0.4, 0.5) is 5.95 Å². The molecule has 0 aliphatic rings. The van der Waals surface area contributed by atoms with Crippen LogP contribution in [0.5, 0.6) is 5.75 Å². The molecular formula is C27H26N6O. The quantitative estimate of drug-likeness (QED) is 0.242. The van der Waals surface area contributed by atoms with Crippen molar-refractivity contribution in [3.8, 4) is 5.75 Å². The summed E-state index contributed by atoms with van der Waals surface area (Å²) in [6.07, 6.45) is 2.71. The SMILES string of the molecule is CCCn1c2ccccc2c2nnc(N/N=C/c3ccccc3OCc3ccc(C)cc3)nc21. The standard InChI is InChI=1S/C27H26N6O/c1-3-16-33-23-10-6-5-9-22(23)25-26(33)29-27(32-30-25)31-28-17-21-8-4-7-11-24(21)34-18-20-14-12-19(2)13-15-20/h4-15,17H,3,16,18H2,1-2H3,(H,29,31,32)/b28-17+. The number of ether oxygens (including phenoxy) is 1. The van der Waals surface area contributed by atoms with Crippen LogP contribution in [-0.2, 0) is 13.2 Å². The van der Waals surface area contributed by atoms with E-state index in [1.807, 2.05) is 36.4 Å². The fourth-order valence-corrected chi connectivity index (χ4v) is 3.92. The molecule has 0 fully saturated rings. The predicted octanol–water partition coefficient (Wildman–Crippen LogP) is 5.72. The van der Waals surface area contributed by atoms with Gasteiger partial charge >= 0.3 is 0 Å². The van der Waals surface area contributed by atoms with E-state index in [0.29, 0.717) is 12.6 Å². The van der Waals surface area contributed by atoms with Gasteiger partial charge < -0.3 is 9.30 Å². The lowest BCUT2D eigenvalue weighted by atomic mass is 10.1. The molecule has 3 aromatic carbocycles. The number of nitrogens with zero attached hydrogens (tertiary/aromatic N) is 5. The second kappa shape index (κ2) is 9.70. The lowest BCUT2D eigenvalue weighted by Crippen LogP contribution is -2.03. The fourth-order valence-electron chi connectivity index (χ4n) is 3.92. The van der Waals surface area contributed by atoms with E-state index < -0.39 is 0 Å². The van der Waals surface area contributed by atoms with E-state index in [-0.39, 0.29) is 0 Å². The molecule has 0 bridgehead atoms. The third-order valence-electron chi connectivity index (χ3n) is 5.62. The third kappa shape index (κ3) is 4.45. The number of hydrogen-bond donors (Lipinski definition) is 1. The van der Waals surface area contributed by atoms with Crippen molar-refractivity contribution in [1.29, 1.82) is 0 Å². The Morgan fingerprint density at radius 3 is 2.62 bits per heavy atom. The van der Waals surface area contributed by atoms with Crippen LogP contribution in [0.1, 0.15) is 30.0 Å². The van der Waals surface area contributed by atoms with Gasteiger partial charge in [-0.1, -0.05) is 67.1 Å². The molecule has 0 amide bonds. The van der Waals surface area contributed by atoms with Gasteiger partial charge in [0.1, 0.15) is 17.9 Å². The second-order valence-corrected chi connectivity index (χ2v) is 8.16. The van der Waals surface area contributed by atoms with Gasteiger partial charge in [0.25, 0.3) is 5.95 Å². The Balaban J connectivity index is 1.35. The Morgan fingerprint density at radius 2 is 1.76 bits per heavy atom. The number of fused-ring (bicyclic) bond motifs is 3. The molecule has 1 N–H and O–H groups in total. The summed E-state index contributed by atoms with van der Waals surface area (Å²) in [4.78, 5) is 4.70. The maximum Gasteiger partial charge on any atom is 0.265 e. The summed E-state index contributed by atoms with van der Waals surface area (Å²) in [5.74, 6) is 1.10. The van der Waals surface area contributed by atoms with E-state index in [0.717, 1.165) is 51.9 Å². The highest BCUT2D eigenvalue weighted by Gasteiger charge is 2.13. The molecule has 0 spiro atoms. The van der Waals surface area contributed by atoms with Gasteiger partial charge in [-0.25, -0.2) is 5.43 Å². The van der Waals surface area contributed by atoms with Crippen LogP contribution in [0.25, 0.3) is 22.1 Å². The van der Waals surface area contributed by atoms with E-state index >= 15 is 0 Å². The molecule has 0 saturated heterocycles. The van der Waals surface area contributed by atoms with Gasteiger partial charge in [-0.15, -0.1) is 10.2 Å². The van der Waals surface area contributed by atoms with Crippen LogP contribution < -0.4 is 10.2 Å². The van der Waals surface area contributed by atoms with Gasteiger partial charge in [0.05, 0.1) is 11.7 Å². The minimum Gasteiger partial charge on any atom is -0.488 e. The lowest BCUT2D eigenvalue weighted by Gasteiger charge is -2.09. The molecule has 7 heteroatoms. The van der Waals surface area contributed by atoms with Gasteiger partial charge in [-0.2, -0.15) is 10.1 Å². The summed E-state index contributed by atoms with van der Waals surface area (Å²) in [5.41, 5.74) is 8.84. The van der Waals surface area contributed by atoms with E-state index in [1.54, 1.807) is 6.21 Å². The van der Waals surface area contributed by atoms with Crippen molar-refractivity contribution in [2.45, 2.75) is 33.4 Å². The average molecular weight is 451 g/mol. The summed E-state index contributed by atoms with van der Waals surface area (Å²) in [6.45, 7) is 5.57. The van der Waals surface area contributed by atoms with Crippen LogP contribution in [-0.4, -0.2) is 26.0 Å². The number of hydrazone groups is 1. The predicted molar refractivity (Wildman–Crippen MR) is 136 cm³/mol. The summed E-state index contributed by atoms with van der Waals surface area (Å²) in [7, 11) is 0. The minimum absolute atomic E-state index is 0.349. The number of rotatable bonds is 8. The number of benzene rings is 3. The largest absolute Gasteiger partial charge is 0.488 e. The van der Waals surface area contributed by atoms with Crippen LogP contribution in [0, 0.1) is 6.92 Å². The van der Waals surface area contributed by atoms with Crippen molar-refractivity contribution in [2.75, 3.05) is 5.43 Å². The van der Waals surface area contributed by atoms with Gasteiger partial charge in [-0.3, -0.25) is 0 Å². The molecule has 34 heavy (non-hydrogen) atoms. The van der Waals surface area contributed by atoms with E-state index in [1.165, 1.54) is 5.56 Å². The second-order valence-electron chi connectivity index (χ2n) is 8.16. The molecule has 0 saturated carbocycles. The highest BCUT2D eigenvalue weighted by Crippen LogP contribution is 2.26. The van der Waals surface area contributed by atoms with Crippen molar-refractivity contribution in [3.05, 3.63) is 89.5 Å². The van der Waals surface area contributed by atoms with Crippen LogP contribution in [0.15, 0.2) is 77.9 Å². The third-order valence-corrected chi connectivity index (χ3v) is 5.62. The highest BCUT2D eigenvalue weighted by atomic mass is 16.5. The first-order valence-electron chi connectivity index (χ1n) is 11.4. The zero-order chi connectivity index (χ0) is 23.3. The highest BCUT2D eigenvalue weighted by molar-refractivity contribution is 6.04.